The number of carbonyl (C=O) groups excluding carboxylic acids is 2. The first-order chi connectivity index (χ1) is 11.7. The molecule has 0 aliphatic carbocycles. The van der Waals surface area contributed by atoms with Gasteiger partial charge in [-0.15, -0.1) is 0 Å². The van der Waals surface area contributed by atoms with Gasteiger partial charge >= 0.3 is 0 Å². The molecule has 0 spiro atoms. The molecule has 6 nitrogen and oxygen atoms in total. The van der Waals surface area contributed by atoms with Crippen molar-refractivity contribution in [2.45, 2.75) is 25.0 Å². The predicted octanol–water partition coefficient (Wildman–Crippen LogP) is 1.19. The predicted molar refractivity (Wildman–Crippen MR) is 86.8 cm³/mol. The van der Waals surface area contributed by atoms with Gasteiger partial charge in [0.25, 0.3) is 0 Å². The van der Waals surface area contributed by atoms with Gasteiger partial charge in [0, 0.05) is 18.8 Å². The third kappa shape index (κ3) is 1.96. The highest BCUT2D eigenvalue weighted by Crippen LogP contribution is 2.49. The van der Waals surface area contributed by atoms with Gasteiger partial charge in [-0.25, -0.2) is 4.90 Å². The zero-order valence-corrected chi connectivity index (χ0v) is 13.4. The van der Waals surface area contributed by atoms with Gasteiger partial charge in [0.1, 0.15) is 0 Å². The Kier molecular flexibility index (Phi) is 3.18. The number of benzene rings is 1. The minimum Gasteiger partial charge on any atom is -0.378 e. The van der Waals surface area contributed by atoms with Crippen LogP contribution in [0, 0.1) is 11.8 Å². The molecule has 0 saturated carbocycles. The van der Waals surface area contributed by atoms with Crippen LogP contribution in [-0.4, -0.2) is 50.3 Å². The second-order valence-electron chi connectivity index (χ2n) is 6.97. The molecule has 2 bridgehead atoms. The van der Waals surface area contributed by atoms with Gasteiger partial charge in [-0.05, 0) is 37.1 Å². The van der Waals surface area contributed by atoms with Crippen molar-refractivity contribution in [2.75, 3.05) is 36.1 Å². The van der Waals surface area contributed by atoms with Crippen molar-refractivity contribution in [1.82, 2.24) is 0 Å². The van der Waals surface area contributed by atoms with Gasteiger partial charge < -0.3 is 14.4 Å². The summed E-state index contributed by atoms with van der Waals surface area (Å²) in [6, 6.07) is 7.73. The number of amides is 2. The molecular weight excluding hydrogens is 308 g/mol. The highest BCUT2D eigenvalue weighted by Gasteiger charge is 2.62. The lowest BCUT2D eigenvalue weighted by atomic mass is 9.81. The second-order valence-corrected chi connectivity index (χ2v) is 6.97. The number of morpholine rings is 1. The average Bonchev–Trinajstić information content (AvgIpc) is 3.30. The van der Waals surface area contributed by atoms with Crippen molar-refractivity contribution in [3.05, 3.63) is 24.3 Å². The number of imide groups is 1. The maximum atomic E-state index is 12.8. The van der Waals surface area contributed by atoms with E-state index in [0.717, 1.165) is 44.8 Å². The number of ether oxygens (including phenoxy) is 2. The van der Waals surface area contributed by atoms with E-state index in [1.54, 1.807) is 0 Å². The van der Waals surface area contributed by atoms with Crippen molar-refractivity contribution in [1.29, 1.82) is 0 Å². The molecule has 1 aromatic carbocycles. The fraction of sp³-hybridized carbons (Fsp3) is 0.556. The largest absolute Gasteiger partial charge is 0.378 e. The van der Waals surface area contributed by atoms with Gasteiger partial charge in [0.2, 0.25) is 11.8 Å². The lowest BCUT2D eigenvalue weighted by molar-refractivity contribution is -0.124. The third-order valence-corrected chi connectivity index (χ3v) is 5.77. The van der Waals surface area contributed by atoms with Crippen LogP contribution in [0.2, 0.25) is 0 Å². The second kappa shape index (κ2) is 5.29. The van der Waals surface area contributed by atoms with Crippen molar-refractivity contribution < 1.29 is 19.1 Å². The number of rotatable bonds is 2. The van der Waals surface area contributed by atoms with Crippen LogP contribution in [0.15, 0.2) is 24.3 Å². The lowest BCUT2D eigenvalue weighted by Crippen LogP contribution is -2.36. The smallest absolute Gasteiger partial charge is 0.240 e. The number of hydrogen-bond donors (Lipinski definition) is 0. The van der Waals surface area contributed by atoms with Gasteiger partial charge in [0.15, 0.2) is 0 Å². The molecule has 0 aromatic heterocycles. The number of anilines is 2. The van der Waals surface area contributed by atoms with E-state index < -0.39 is 0 Å². The van der Waals surface area contributed by atoms with Crippen molar-refractivity contribution in [3.63, 3.8) is 0 Å². The first-order valence-corrected chi connectivity index (χ1v) is 8.70. The molecule has 6 heteroatoms. The van der Waals surface area contributed by atoms with Crippen molar-refractivity contribution in [3.8, 4) is 0 Å². The van der Waals surface area contributed by atoms with Gasteiger partial charge in [-0.1, -0.05) is 0 Å². The van der Waals surface area contributed by atoms with E-state index in [1.807, 2.05) is 24.3 Å². The van der Waals surface area contributed by atoms with Crippen LogP contribution in [0.1, 0.15) is 12.8 Å². The third-order valence-electron chi connectivity index (χ3n) is 5.77. The first kappa shape index (κ1) is 14.4. The minimum atomic E-state index is -0.268. The Morgan fingerprint density at radius 2 is 1.38 bits per heavy atom. The van der Waals surface area contributed by atoms with Crippen LogP contribution in [0.5, 0.6) is 0 Å². The molecular formula is C18H20N2O4. The molecule has 4 fully saturated rings. The summed E-state index contributed by atoms with van der Waals surface area (Å²) in [6.07, 6.45) is 1.67. The summed E-state index contributed by atoms with van der Waals surface area (Å²) >= 11 is 0. The molecule has 0 N–H and O–H groups in total. The molecule has 1 aromatic rings. The maximum absolute atomic E-state index is 12.8. The highest BCUT2D eigenvalue weighted by molar-refractivity contribution is 6.22. The molecule has 4 atom stereocenters. The SMILES string of the molecule is O=C1[C@@H]2[C@H](C(=O)N1c1ccc(N3CCOCC3)cc1)[C@@H]1CC[C@H]2O1. The summed E-state index contributed by atoms with van der Waals surface area (Å²) in [6.45, 7) is 3.20. The quantitative estimate of drug-likeness (QED) is 0.763. The summed E-state index contributed by atoms with van der Waals surface area (Å²) in [7, 11) is 0. The Balaban J connectivity index is 1.40. The van der Waals surface area contributed by atoms with Crippen LogP contribution in [0.3, 0.4) is 0 Å². The Hall–Kier alpha value is -1.92. The monoisotopic (exact) mass is 328 g/mol. The zero-order valence-electron chi connectivity index (χ0n) is 13.4. The topological polar surface area (TPSA) is 59.1 Å². The molecule has 0 unspecified atom stereocenters. The van der Waals surface area contributed by atoms with Crippen LogP contribution in [0.25, 0.3) is 0 Å². The van der Waals surface area contributed by atoms with Crippen molar-refractivity contribution in [2.24, 2.45) is 11.8 Å². The maximum Gasteiger partial charge on any atom is 0.240 e. The number of nitrogens with zero attached hydrogens (tertiary/aromatic N) is 2. The lowest BCUT2D eigenvalue weighted by Gasteiger charge is -2.29. The Morgan fingerprint density at radius 3 is 1.96 bits per heavy atom. The van der Waals surface area contributed by atoms with Crippen LogP contribution < -0.4 is 9.80 Å². The van der Waals surface area contributed by atoms with E-state index in [0.29, 0.717) is 5.69 Å². The Morgan fingerprint density at radius 1 is 0.833 bits per heavy atom. The summed E-state index contributed by atoms with van der Waals surface area (Å²) in [5.41, 5.74) is 1.78. The van der Waals surface area contributed by atoms with Gasteiger partial charge in [-0.2, -0.15) is 0 Å². The van der Waals surface area contributed by atoms with Crippen molar-refractivity contribution >= 4 is 23.2 Å². The summed E-state index contributed by atoms with van der Waals surface area (Å²) in [5, 5.41) is 0. The number of hydrogen-bond acceptors (Lipinski definition) is 5. The van der Waals surface area contributed by atoms with Gasteiger partial charge in [0.05, 0.1) is 42.9 Å². The molecule has 4 saturated heterocycles. The molecule has 5 rings (SSSR count). The van der Waals surface area contributed by atoms with Crippen LogP contribution in [0.4, 0.5) is 11.4 Å². The summed E-state index contributed by atoms with van der Waals surface area (Å²) in [5.74, 6) is -0.710. The number of fused-ring (bicyclic) bond motifs is 5. The number of carbonyl (C=O) groups is 2. The molecule has 4 aliphatic heterocycles. The molecule has 4 heterocycles. The van der Waals surface area contributed by atoms with Gasteiger partial charge in [-0.3, -0.25) is 9.59 Å². The molecule has 2 amide bonds. The van der Waals surface area contributed by atoms with E-state index in [-0.39, 0.29) is 35.9 Å². The molecule has 4 aliphatic rings. The van der Waals surface area contributed by atoms with E-state index >= 15 is 0 Å². The Bertz CT molecular complexity index is 655. The fourth-order valence-corrected chi connectivity index (χ4v) is 4.60. The minimum absolute atomic E-state index is 0.0610. The fourth-order valence-electron chi connectivity index (χ4n) is 4.60. The standard InChI is InChI=1S/C18H20N2O4/c21-17-15-13-5-6-14(24-13)16(15)18(22)20(17)12-3-1-11(2-4-12)19-7-9-23-10-8-19/h1-4,13-16H,5-10H2/t13-,14+,15+,16-. The average molecular weight is 328 g/mol. The summed E-state index contributed by atoms with van der Waals surface area (Å²) in [4.78, 5) is 29.2. The Labute approximate surface area is 140 Å². The molecule has 0 radical (unpaired) electrons. The van der Waals surface area contributed by atoms with E-state index in [1.165, 1.54) is 4.90 Å². The van der Waals surface area contributed by atoms with E-state index in [2.05, 4.69) is 4.90 Å². The van der Waals surface area contributed by atoms with E-state index in [9.17, 15) is 9.59 Å². The molecule has 24 heavy (non-hydrogen) atoms. The first-order valence-electron chi connectivity index (χ1n) is 8.70. The van der Waals surface area contributed by atoms with Crippen LogP contribution >= 0.6 is 0 Å². The highest BCUT2D eigenvalue weighted by atomic mass is 16.5. The summed E-state index contributed by atoms with van der Waals surface area (Å²) < 4.78 is 11.1. The zero-order chi connectivity index (χ0) is 16.3. The normalized spacial score (nSPS) is 35.0. The van der Waals surface area contributed by atoms with E-state index in [4.69, 9.17) is 9.47 Å². The molecule has 126 valence electrons. The van der Waals surface area contributed by atoms with Crippen LogP contribution in [-0.2, 0) is 19.1 Å².